The summed E-state index contributed by atoms with van der Waals surface area (Å²) in [6.45, 7) is 6.64. The van der Waals surface area contributed by atoms with Crippen LogP contribution in [0.4, 0.5) is 31.1 Å². The Morgan fingerprint density at radius 1 is 0.872 bits per heavy atom. The number of amides is 2. The maximum absolute atomic E-state index is 12.7. The van der Waals surface area contributed by atoms with Gasteiger partial charge in [0.2, 0.25) is 0 Å². The third kappa shape index (κ3) is 10.0. The summed E-state index contributed by atoms with van der Waals surface area (Å²) in [7, 11) is 0. The molecule has 47 heavy (non-hydrogen) atoms. The number of nitrogens with one attached hydrogen (secondary N) is 2. The van der Waals surface area contributed by atoms with E-state index in [1.807, 2.05) is 6.07 Å². The van der Waals surface area contributed by atoms with Gasteiger partial charge in [-0.05, 0) is 87.9 Å². The number of rotatable bonds is 9. The summed E-state index contributed by atoms with van der Waals surface area (Å²) in [6, 6.07) is 10.8. The number of carbonyl (C=O) groups is 3. The van der Waals surface area contributed by atoms with Crippen molar-refractivity contribution in [3.63, 3.8) is 0 Å². The Kier molecular flexibility index (Phi) is 12.5. The quantitative estimate of drug-likeness (QED) is 0.232. The standard InChI is InChI=1S/C29H43N5O.C4F6O2/c1-2-25-28(27-14-8-9-18-34(27)32-25)23-15-19-33(20-16-23)21-17-26(22-10-4-3-5-11-22)31-29(35)30-24-12-6-7-13-24;5-3(6,7)1(11)2(12)4(8,9)10/h3-5,10-11,23-24,26H,2,6-9,12-21H2,1H3,(H2,30,31,35);/t26-;/m0./s1. The van der Waals surface area contributed by atoms with Crippen LogP contribution in [0.5, 0.6) is 0 Å². The molecule has 5 rings (SSSR count). The molecule has 2 fully saturated rings. The number of piperidine rings is 1. The van der Waals surface area contributed by atoms with Crippen molar-refractivity contribution in [1.29, 1.82) is 0 Å². The van der Waals surface area contributed by atoms with Gasteiger partial charge in [-0.3, -0.25) is 14.3 Å². The Morgan fingerprint density at radius 2 is 1.49 bits per heavy atom. The van der Waals surface area contributed by atoms with Crippen molar-refractivity contribution in [2.24, 2.45) is 0 Å². The lowest BCUT2D eigenvalue weighted by Gasteiger charge is -2.34. The molecule has 14 heteroatoms. The van der Waals surface area contributed by atoms with Gasteiger partial charge in [-0.2, -0.15) is 31.4 Å². The fourth-order valence-corrected chi connectivity index (χ4v) is 6.78. The van der Waals surface area contributed by atoms with Gasteiger partial charge < -0.3 is 15.5 Å². The molecule has 1 saturated heterocycles. The van der Waals surface area contributed by atoms with Gasteiger partial charge in [-0.25, -0.2) is 4.79 Å². The molecule has 1 aliphatic carbocycles. The van der Waals surface area contributed by atoms with E-state index < -0.39 is 23.9 Å². The molecule has 1 aromatic heterocycles. The zero-order valence-electron chi connectivity index (χ0n) is 26.6. The van der Waals surface area contributed by atoms with E-state index in [0.717, 1.165) is 51.9 Å². The summed E-state index contributed by atoms with van der Waals surface area (Å²) in [5, 5.41) is 11.5. The molecular formula is C33H43F6N5O3. The predicted molar refractivity (Wildman–Crippen MR) is 163 cm³/mol. The molecule has 3 aliphatic rings. The normalized spacial score (nSPS) is 18.5. The summed E-state index contributed by atoms with van der Waals surface area (Å²) in [5.74, 6) is -6.16. The topological polar surface area (TPSA) is 96.3 Å². The van der Waals surface area contributed by atoms with E-state index in [4.69, 9.17) is 5.10 Å². The third-order valence-electron chi connectivity index (χ3n) is 9.19. The summed E-state index contributed by atoms with van der Waals surface area (Å²) >= 11 is 0. The number of Topliss-reactive ketones (excluding diaryl/α,β-unsaturated/α-hetero) is 2. The average molecular weight is 672 g/mol. The molecule has 3 heterocycles. The highest BCUT2D eigenvalue weighted by Gasteiger charge is 2.54. The SMILES string of the molecule is CCc1nn2c(c1C1CCN(CC[C@H](NC(=O)NC3CCCC3)c3ccccc3)CC1)CCCC2.O=C(C(=O)C(F)(F)F)C(F)(F)F. The maximum atomic E-state index is 12.7. The van der Waals surface area contributed by atoms with Crippen LogP contribution in [-0.2, 0) is 29.0 Å². The monoisotopic (exact) mass is 671 g/mol. The molecular weight excluding hydrogens is 628 g/mol. The van der Waals surface area contributed by atoms with Crippen LogP contribution in [0.3, 0.4) is 0 Å². The largest absolute Gasteiger partial charge is 0.458 e. The average Bonchev–Trinajstić information content (AvgIpc) is 3.70. The Labute approximate surface area is 270 Å². The zero-order chi connectivity index (χ0) is 34.2. The van der Waals surface area contributed by atoms with Crippen LogP contribution < -0.4 is 10.6 Å². The Hall–Kier alpha value is -3.42. The number of carbonyl (C=O) groups excluding carboxylic acids is 3. The molecule has 8 nitrogen and oxygen atoms in total. The molecule has 2 amide bonds. The number of urea groups is 1. The molecule has 260 valence electrons. The summed E-state index contributed by atoms with van der Waals surface area (Å²) in [6.07, 6.45) is 1.34. The number of benzene rings is 1. The van der Waals surface area contributed by atoms with Crippen LogP contribution in [-0.4, -0.2) is 70.3 Å². The number of hydrogen-bond donors (Lipinski definition) is 2. The highest BCUT2D eigenvalue weighted by atomic mass is 19.4. The van der Waals surface area contributed by atoms with Crippen LogP contribution in [0.1, 0.15) is 99.2 Å². The fourth-order valence-electron chi connectivity index (χ4n) is 6.78. The fraction of sp³-hybridized carbons (Fsp3) is 0.636. The number of hydrogen-bond acceptors (Lipinski definition) is 5. The van der Waals surface area contributed by atoms with Crippen molar-refractivity contribution in [2.45, 2.75) is 114 Å². The maximum Gasteiger partial charge on any atom is 0.458 e. The van der Waals surface area contributed by atoms with Crippen molar-refractivity contribution in [3.05, 3.63) is 52.8 Å². The van der Waals surface area contributed by atoms with Crippen molar-refractivity contribution >= 4 is 17.6 Å². The van der Waals surface area contributed by atoms with Crippen molar-refractivity contribution in [2.75, 3.05) is 19.6 Å². The molecule has 0 unspecified atom stereocenters. The van der Waals surface area contributed by atoms with E-state index in [-0.39, 0.29) is 12.1 Å². The van der Waals surface area contributed by atoms with Gasteiger partial charge in [0.15, 0.2) is 0 Å². The van der Waals surface area contributed by atoms with E-state index in [9.17, 15) is 40.7 Å². The van der Waals surface area contributed by atoms with Gasteiger partial charge in [0.05, 0.1) is 11.7 Å². The van der Waals surface area contributed by atoms with Crippen LogP contribution in [0.2, 0.25) is 0 Å². The number of nitrogens with zero attached hydrogens (tertiary/aromatic N) is 3. The summed E-state index contributed by atoms with van der Waals surface area (Å²) < 4.78 is 69.3. The minimum Gasteiger partial charge on any atom is -0.335 e. The highest BCUT2D eigenvalue weighted by Crippen LogP contribution is 2.35. The van der Waals surface area contributed by atoms with Gasteiger partial charge in [0.1, 0.15) is 0 Å². The first kappa shape index (κ1) is 36.4. The number of halogens is 6. The number of likely N-dealkylation sites (tertiary alicyclic amines) is 1. The Morgan fingerprint density at radius 3 is 2.06 bits per heavy atom. The van der Waals surface area contributed by atoms with E-state index in [1.54, 1.807) is 5.56 Å². The van der Waals surface area contributed by atoms with Gasteiger partial charge >= 0.3 is 30.0 Å². The van der Waals surface area contributed by atoms with Gasteiger partial charge in [0.25, 0.3) is 0 Å². The molecule has 0 spiro atoms. The highest BCUT2D eigenvalue weighted by molar-refractivity contribution is 6.41. The number of ketones is 2. The predicted octanol–water partition coefficient (Wildman–Crippen LogP) is 6.58. The summed E-state index contributed by atoms with van der Waals surface area (Å²) in [4.78, 5) is 34.6. The number of aromatic nitrogens is 2. The number of fused-ring (bicyclic) bond motifs is 1. The van der Waals surface area contributed by atoms with E-state index in [2.05, 4.69) is 51.4 Å². The Bertz CT molecular complexity index is 1320. The summed E-state index contributed by atoms with van der Waals surface area (Å²) in [5.41, 5.74) is 5.68. The van der Waals surface area contributed by atoms with Gasteiger partial charge in [-0.15, -0.1) is 0 Å². The molecule has 1 saturated carbocycles. The van der Waals surface area contributed by atoms with Crippen molar-refractivity contribution in [1.82, 2.24) is 25.3 Å². The lowest BCUT2D eigenvalue weighted by Crippen LogP contribution is -2.43. The first-order valence-corrected chi connectivity index (χ1v) is 16.4. The molecule has 0 bridgehead atoms. The molecule has 0 radical (unpaired) electrons. The first-order chi connectivity index (χ1) is 22.3. The molecule has 2 aromatic rings. The zero-order valence-corrected chi connectivity index (χ0v) is 26.6. The smallest absolute Gasteiger partial charge is 0.335 e. The number of alkyl halides is 6. The molecule has 1 atom stereocenters. The first-order valence-electron chi connectivity index (χ1n) is 16.4. The second-order valence-electron chi connectivity index (χ2n) is 12.5. The van der Waals surface area contributed by atoms with Gasteiger partial charge in [0, 0.05) is 24.8 Å². The van der Waals surface area contributed by atoms with Crippen LogP contribution in [0, 0.1) is 0 Å². The lowest BCUT2D eigenvalue weighted by atomic mass is 9.85. The van der Waals surface area contributed by atoms with Crippen molar-refractivity contribution < 1.29 is 40.7 Å². The van der Waals surface area contributed by atoms with E-state index >= 15 is 0 Å². The van der Waals surface area contributed by atoms with Crippen LogP contribution >= 0.6 is 0 Å². The second-order valence-corrected chi connectivity index (χ2v) is 12.5. The van der Waals surface area contributed by atoms with E-state index in [1.165, 1.54) is 61.9 Å². The molecule has 2 N–H and O–H groups in total. The molecule has 1 aromatic carbocycles. The third-order valence-corrected chi connectivity index (χ3v) is 9.19. The van der Waals surface area contributed by atoms with Gasteiger partial charge in [-0.1, -0.05) is 50.1 Å². The number of aryl methyl sites for hydroxylation is 2. The van der Waals surface area contributed by atoms with E-state index in [0.29, 0.717) is 12.0 Å². The molecule has 2 aliphatic heterocycles. The minimum atomic E-state index is -5.77. The van der Waals surface area contributed by atoms with Crippen LogP contribution in [0.25, 0.3) is 0 Å². The van der Waals surface area contributed by atoms with Crippen LogP contribution in [0.15, 0.2) is 30.3 Å². The lowest BCUT2D eigenvalue weighted by molar-refractivity contribution is -0.193. The minimum absolute atomic E-state index is 0.0115. The van der Waals surface area contributed by atoms with Crippen molar-refractivity contribution in [3.8, 4) is 0 Å². The Balaban J connectivity index is 0.000000356. The second kappa shape index (κ2) is 16.1.